The Labute approximate surface area is 256 Å². The molecule has 7 nitrogen and oxygen atoms in total. The van der Waals surface area contributed by atoms with E-state index in [2.05, 4.69) is 64.6 Å². The van der Waals surface area contributed by atoms with Gasteiger partial charge in [-0.15, -0.1) is 0 Å². The van der Waals surface area contributed by atoms with Crippen molar-refractivity contribution in [3.8, 4) is 11.1 Å². The lowest BCUT2D eigenvalue weighted by molar-refractivity contribution is -0.129. The molecule has 0 radical (unpaired) electrons. The Hall–Kier alpha value is -2.97. The second-order valence-corrected chi connectivity index (χ2v) is 12.9. The minimum absolute atomic E-state index is 0.0149. The van der Waals surface area contributed by atoms with E-state index >= 15 is 0 Å². The van der Waals surface area contributed by atoms with E-state index in [-0.39, 0.29) is 29.7 Å². The number of hydrogen-bond acceptors (Lipinski definition) is 5. The van der Waals surface area contributed by atoms with Gasteiger partial charge in [0.2, 0.25) is 5.91 Å². The van der Waals surface area contributed by atoms with Crippen LogP contribution in [0.1, 0.15) is 74.4 Å². The number of likely N-dealkylation sites (tertiary alicyclic amines) is 1. The fourth-order valence-corrected chi connectivity index (χ4v) is 7.21. The van der Waals surface area contributed by atoms with E-state index in [1.807, 2.05) is 19.9 Å². The van der Waals surface area contributed by atoms with Gasteiger partial charge in [-0.25, -0.2) is 4.39 Å². The highest BCUT2D eigenvalue weighted by atomic mass is 19.1. The zero-order chi connectivity index (χ0) is 30.5. The maximum absolute atomic E-state index is 13.9. The molecule has 234 valence electrons. The molecule has 3 aliphatic heterocycles. The van der Waals surface area contributed by atoms with Crippen molar-refractivity contribution in [2.24, 2.45) is 11.8 Å². The van der Waals surface area contributed by atoms with Crippen LogP contribution >= 0.6 is 0 Å². The highest BCUT2D eigenvalue weighted by Crippen LogP contribution is 2.34. The first-order valence-corrected chi connectivity index (χ1v) is 16.3. The van der Waals surface area contributed by atoms with Crippen LogP contribution in [0.15, 0.2) is 36.4 Å². The van der Waals surface area contributed by atoms with Crippen LogP contribution in [0.25, 0.3) is 11.1 Å². The summed E-state index contributed by atoms with van der Waals surface area (Å²) >= 11 is 0. The van der Waals surface area contributed by atoms with Crippen LogP contribution in [0.2, 0.25) is 0 Å². The molecule has 3 fully saturated rings. The number of anilines is 1. The van der Waals surface area contributed by atoms with Gasteiger partial charge in [0.05, 0.1) is 5.92 Å². The van der Waals surface area contributed by atoms with E-state index in [1.54, 1.807) is 0 Å². The van der Waals surface area contributed by atoms with Gasteiger partial charge in [0, 0.05) is 62.7 Å². The third kappa shape index (κ3) is 7.58. The van der Waals surface area contributed by atoms with Crippen molar-refractivity contribution in [1.29, 1.82) is 0 Å². The average Bonchev–Trinajstić information content (AvgIpc) is 2.99. The number of piperidine rings is 2. The van der Waals surface area contributed by atoms with Crippen LogP contribution in [0, 0.1) is 18.8 Å². The minimum atomic E-state index is -0.736. The largest absolute Gasteiger partial charge is 0.381 e. The predicted molar refractivity (Wildman–Crippen MR) is 170 cm³/mol. The summed E-state index contributed by atoms with van der Waals surface area (Å²) in [5, 5.41) is 6.15. The first-order chi connectivity index (χ1) is 20.7. The molecule has 0 aliphatic carbocycles. The second-order valence-electron chi connectivity index (χ2n) is 12.9. The number of alkyl halides is 1. The SMILES string of the molecule is CCN(c1cc(-c2ccc(CN3CCCC(F)C3)cc2)cc(C(=O)NCC2C(=O)NC(C)CC2C)c1C)C1CCOCC1. The Balaban J connectivity index is 1.42. The number of hydrogen-bond donors (Lipinski definition) is 2. The number of halogens is 1. The lowest BCUT2D eigenvalue weighted by Crippen LogP contribution is -2.50. The molecule has 43 heavy (non-hydrogen) atoms. The number of ether oxygens (including phenoxy) is 1. The van der Waals surface area contributed by atoms with Gasteiger partial charge in [0.1, 0.15) is 6.17 Å². The van der Waals surface area contributed by atoms with E-state index in [1.165, 1.54) is 0 Å². The number of carbonyl (C=O) groups excluding carboxylic acids is 2. The highest BCUT2D eigenvalue weighted by molar-refractivity contribution is 5.99. The fourth-order valence-electron chi connectivity index (χ4n) is 7.21. The number of amides is 2. The molecule has 4 unspecified atom stereocenters. The molecule has 5 rings (SSSR count). The summed E-state index contributed by atoms with van der Waals surface area (Å²) in [5.41, 5.74) is 5.85. The lowest BCUT2D eigenvalue weighted by Gasteiger charge is -2.37. The molecule has 3 saturated heterocycles. The molecular formula is C35H49FN4O3. The minimum Gasteiger partial charge on any atom is -0.381 e. The van der Waals surface area contributed by atoms with Crippen molar-refractivity contribution in [2.75, 3.05) is 44.3 Å². The first kappa shape index (κ1) is 31.5. The Morgan fingerprint density at radius 3 is 2.53 bits per heavy atom. The number of carbonyl (C=O) groups is 2. The van der Waals surface area contributed by atoms with Crippen LogP contribution in [-0.2, 0) is 16.1 Å². The summed E-state index contributed by atoms with van der Waals surface area (Å²) in [5.74, 6) is -0.168. The molecule has 8 heteroatoms. The normalized spacial score (nSPS) is 25.3. The van der Waals surface area contributed by atoms with Gasteiger partial charge in [-0.3, -0.25) is 14.5 Å². The molecule has 0 bridgehead atoms. The summed E-state index contributed by atoms with van der Waals surface area (Å²) in [6.45, 7) is 13.1. The molecule has 2 N–H and O–H groups in total. The topological polar surface area (TPSA) is 73.9 Å². The predicted octanol–water partition coefficient (Wildman–Crippen LogP) is 5.49. The molecule has 2 amide bonds. The van der Waals surface area contributed by atoms with Crippen molar-refractivity contribution in [3.63, 3.8) is 0 Å². The Morgan fingerprint density at radius 1 is 1.12 bits per heavy atom. The maximum Gasteiger partial charge on any atom is 0.251 e. The van der Waals surface area contributed by atoms with E-state index in [0.29, 0.717) is 31.1 Å². The van der Waals surface area contributed by atoms with E-state index in [9.17, 15) is 14.0 Å². The number of nitrogens with zero attached hydrogens (tertiary/aromatic N) is 2. The van der Waals surface area contributed by atoms with Gasteiger partial charge in [0.15, 0.2) is 0 Å². The fraction of sp³-hybridized carbons (Fsp3) is 0.600. The molecule has 3 heterocycles. The van der Waals surface area contributed by atoms with Gasteiger partial charge >= 0.3 is 0 Å². The van der Waals surface area contributed by atoms with E-state index < -0.39 is 6.17 Å². The van der Waals surface area contributed by atoms with Gasteiger partial charge < -0.3 is 20.3 Å². The summed E-state index contributed by atoms with van der Waals surface area (Å²) in [6.07, 6.45) is 3.65. The van der Waals surface area contributed by atoms with Crippen LogP contribution in [0.5, 0.6) is 0 Å². The molecular weight excluding hydrogens is 543 g/mol. The standard InChI is InChI=1S/C35H49FN4O3/c1-5-40(30-12-15-43-16-13-30)33-19-28(27-10-8-26(9-11-27)21-39-14-6-7-29(36)22-39)18-31(25(33)4)34(41)37-20-32-23(2)17-24(3)38-35(32)42/h8-11,18-19,23-24,29-30,32H,5-7,12-17,20-22H2,1-4H3,(H,37,41)(H,38,42). The van der Waals surface area contributed by atoms with Crippen molar-refractivity contribution in [3.05, 3.63) is 53.1 Å². The van der Waals surface area contributed by atoms with Crippen molar-refractivity contribution >= 4 is 17.5 Å². The molecule has 2 aromatic rings. The Kier molecular flexibility index (Phi) is 10.4. The third-order valence-electron chi connectivity index (χ3n) is 9.67. The number of benzene rings is 2. The van der Waals surface area contributed by atoms with E-state index in [4.69, 9.17) is 4.74 Å². The third-order valence-corrected chi connectivity index (χ3v) is 9.67. The average molecular weight is 593 g/mol. The number of rotatable bonds is 9. The quantitative estimate of drug-likeness (QED) is 0.403. The summed E-state index contributed by atoms with van der Waals surface area (Å²) in [4.78, 5) is 31.1. The molecule has 0 aromatic heterocycles. The highest BCUT2D eigenvalue weighted by Gasteiger charge is 2.33. The van der Waals surface area contributed by atoms with Crippen LogP contribution in [0.3, 0.4) is 0 Å². The second kappa shape index (κ2) is 14.2. The number of nitrogens with one attached hydrogen (secondary N) is 2. The van der Waals surface area contributed by atoms with Crippen molar-refractivity contribution in [1.82, 2.24) is 15.5 Å². The molecule has 2 aromatic carbocycles. The lowest BCUT2D eigenvalue weighted by atomic mass is 9.84. The van der Waals surface area contributed by atoms with Gasteiger partial charge in [0.25, 0.3) is 5.91 Å². The van der Waals surface area contributed by atoms with Gasteiger partial charge in [-0.1, -0.05) is 31.2 Å². The van der Waals surface area contributed by atoms with Crippen LogP contribution in [0.4, 0.5) is 10.1 Å². The molecule has 0 spiro atoms. The Morgan fingerprint density at radius 2 is 1.86 bits per heavy atom. The van der Waals surface area contributed by atoms with Crippen LogP contribution < -0.4 is 15.5 Å². The molecule has 0 saturated carbocycles. The van der Waals surface area contributed by atoms with Crippen molar-refractivity contribution in [2.45, 2.75) is 84.6 Å². The van der Waals surface area contributed by atoms with Crippen LogP contribution in [-0.4, -0.2) is 74.4 Å². The summed E-state index contributed by atoms with van der Waals surface area (Å²) in [6, 6.07) is 13.2. The zero-order valence-corrected chi connectivity index (χ0v) is 26.3. The van der Waals surface area contributed by atoms with E-state index in [0.717, 1.165) is 86.5 Å². The van der Waals surface area contributed by atoms with Gasteiger partial charge in [-0.05, 0) is 99.7 Å². The maximum atomic E-state index is 13.9. The zero-order valence-electron chi connectivity index (χ0n) is 26.3. The van der Waals surface area contributed by atoms with Gasteiger partial charge in [-0.2, -0.15) is 0 Å². The molecule has 4 atom stereocenters. The monoisotopic (exact) mass is 592 g/mol. The first-order valence-electron chi connectivity index (χ1n) is 16.3. The molecule has 3 aliphatic rings. The summed E-state index contributed by atoms with van der Waals surface area (Å²) < 4.78 is 19.6. The van der Waals surface area contributed by atoms with Crippen molar-refractivity contribution < 1.29 is 18.7 Å². The smallest absolute Gasteiger partial charge is 0.251 e. The Bertz CT molecular complexity index is 1260. The summed E-state index contributed by atoms with van der Waals surface area (Å²) in [7, 11) is 0.